The lowest BCUT2D eigenvalue weighted by molar-refractivity contribution is 0.0715. The van der Waals surface area contributed by atoms with Crippen LogP contribution in [0.4, 0.5) is 13.2 Å². The minimum absolute atomic E-state index is 0.0344. The summed E-state index contributed by atoms with van der Waals surface area (Å²) in [5.74, 6) is 0.296. The molecule has 0 aliphatic heterocycles. The topological polar surface area (TPSA) is 57.8 Å². The van der Waals surface area contributed by atoms with Crippen molar-refractivity contribution in [3.63, 3.8) is 0 Å². The molecule has 2 heterocycles. The number of ether oxygens (including phenoxy) is 1. The fourth-order valence-electron chi connectivity index (χ4n) is 3.78. The molecule has 0 saturated carbocycles. The van der Waals surface area contributed by atoms with Crippen molar-refractivity contribution < 1.29 is 17.9 Å². The minimum Gasteiger partial charge on any atom is -0.483 e. The summed E-state index contributed by atoms with van der Waals surface area (Å²) in [6.07, 6.45) is 0. The van der Waals surface area contributed by atoms with Crippen molar-refractivity contribution in [1.82, 2.24) is 24.3 Å². The fourth-order valence-corrected chi connectivity index (χ4v) is 4.77. The zero-order chi connectivity index (χ0) is 24.4. The molecule has 10 heteroatoms. The van der Waals surface area contributed by atoms with Crippen molar-refractivity contribution in [3.05, 3.63) is 96.3 Å². The highest BCUT2D eigenvalue weighted by atomic mass is 32.2. The molecule has 0 N–H and O–H groups in total. The van der Waals surface area contributed by atoms with Gasteiger partial charge in [0.1, 0.15) is 12.4 Å². The number of para-hydroxylation sites is 4. The first-order chi connectivity index (χ1) is 17.0. The highest BCUT2D eigenvalue weighted by molar-refractivity contribution is 7.99. The fraction of sp³-hybridized carbons (Fsp3) is 0.160. The van der Waals surface area contributed by atoms with Gasteiger partial charge in [0.05, 0.1) is 16.3 Å². The second kappa shape index (κ2) is 9.83. The smallest absolute Gasteiger partial charge is 0.320 e. The molecule has 0 bridgehead atoms. The van der Waals surface area contributed by atoms with E-state index in [-0.39, 0.29) is 18.2 Å². The van der Waals surface area contributed by atoms with Gasteiger partial charge in [-0.1, -0.05) is 54.2 Å². The summed E-state index contributed by atoms with van der Waals surface area (Å²) in [4.78, 5) is 4.46. The molecular weight excluding hydrogens is 475 g/mol. The zero-order valence-corrected chi connectivity index (χ0v) is 19.4. The van der Waals surface area contributed by atoms with Gasteiger partial charge >= 0.3 is 6.55 Å². The lowest BCUT2D eigenvalue weighted by Crippen LogP contribution is -2.09. The molecule has 0 aliphatic carbocycles. The van der Waals surface area contributed by atoms with Crippen LogP contribution in [0.15, 0.2) is 84.0 Å². The molecule has 6 nitrogen and oxygen atoms in total. The Morgan fingerprint density at radius 2 is 1.63 bits per heavy atom. The van der Waals surface area contributed by atoms with Crippen LogP contribution in [0.3, 0.4) is 0 Å². The summed E-state index contributed by atoms with van der Waals surface area (Å²) in [6, 6.07) is 22.3. The standard InChI is InChI=1S/C25H20F3N5OS/c1-16(23-29-19-12-6-7-13-20(19)33(23)24(27)28)35-25-31-30-22(32(25)17-9-3-2-4-10-17)15-34-21-14-8-5-11-18(21)26/h2-14,16,24H,15H2,1H3. The van der Waals surface area contributed by atoms with Crippen molar-refractivity contribution in [3.8, 4) is 11.4 Å². The molecule has 5 aromatic rings. The zero-order valence-electron chi connectivity index (χ0n) is 18.6. The van der Waals surface area contributed by atoms with Crippen LogP contribution in [0.1, 0.15) is 30.4 Å². The average Bonchev–Trinajstić information content (AvgIpc) is 3.45. The largest absolute Gasteiger partial charge is 0.483 e. The van der Waals surface area contributed by atoms with E-state index in [0.29, 0.717) is 22.0 Å². The minimum atomic E-state index is -2.74. The van der Waals surface area contributed by atoms with Crippen LogP contribution in [0.25, 0.3) is 16.7 Å². The van der Waals surface area contributed by atoms with Crippen LogP contribution in [0.5, 0.6) is 5.75 Å². The molecule has 2 aromatic heterocycles. The van der Waals surface area contributed by atoms with Crippen LogP contribution >= 0.6 is 11.8 Å². The maximum Gasteiger partial charge on any atom is 0.320 e. The normalized spacial score (nSPS) is 12.4. The maximum absolute atomic E-state index is 14.0. The van der Waals surface area contributed by atoms with Crippen molar-refractivity contribution in [2.75, 3.05) is 0 Å². The second-order valence-electron chi connectivity index (χ2n) is 7.66. The number of hydrogen-bond donors (Lipinski definition) is 0. The van der Waals surface area contributed by atoms with E-state index in [2.05, 4.69) is 15.2 Å². The van der Waals surface area contributed by atoms with E-state index < -0.39 is 17.6 Å². The Bertz CT molecular complexity index is 1450. The summed E-state index contributed by atoms with van der Waals surface area (Å²) in [6.45, 7) is -0.977. The van der Waals surface area contributed by atoms with Crippen molar-refractivity contribution in [2.45, 2.75) is 30.5 Å². The SMILES string of the molecule is CC(Sc1nnc(COc2ccccc2F)n1-c1ccccc1)c1nc2ccccc2n1C(F)F. The van der Waals surface area contributed by atoms with Gasteiger partial charge in [0, 0.05) is 5.69 Å². The molecule has 0 spiro atoms. The molecule has 178 valence electrons. The van der Waals surface area contributed by atoms with E-state index in [1.807, 2.05) is 30.3 Å². The molecule has 3 aromatic carbocycles. The number of nitrogens with zero attached hydrogens (tertiary/aromatic N) is 5. The van der Waals surface area contributed by atoms with Gasteiger partial charge in [0.25, 0.3) is 0 Å². The molecule has 0 fully saturated rings. The number of rotatable bonds is 8. The summed E-state index contributed by atoms with van der Waals surface area (Å²) < 4.78 is 50.3. The van der Waals surface area contributed by atoms with Gasteiger partial charge in [-0.3, -0.25) is 9.13 Å². The number of benzene rings is 3. The van der Waals surface area contributed by atoms with E-state index >= 15 is 0 Å². The van der Waals surface area contributed by atoms with E-state index in [9.17, 15) is 13.2 Å². The lowest BCUT2D eigenvalue weighted by atomic mass is 10.3. The maximum atomic E-state index is 14.0. The molecule has 1 atom stereocenters. The van der Waals surface area contributed by atoms with Gasteiger partial charge in [-0.05, 0) is 43.3 Å². The first kappa shape index (κ1) is 23.0. The van der Waals surface area contributed by atoms with Gasteiger partial charge in [-0.15, -0.1) is 10.2 Å². The third-order valence-corrected chi connectivity index (χ3v) is 6.41. The van der Waals surface area contributed by atoms with Crippen molar-refractivity contribution in [2.24, 2.45) is 0 Å². The molecule has 0 saturated heterocycles. The number of hydrogen-bond acceptors (Lipinski definition) is 5. The number of alkyl halides is 2. The third kappa shape index (κ3) is 4.61. The molecule has 0 aliphatic rings. The molecule has 5 rings (SSSR count). The Morgan fingerprint density at radius 1 is 0.914 bits per heavy atom. The first-order valence-electron chi connectivity index (χ1n) is 10.8. The Kier molecular flexibility index (Phi) is 6.45. The summed E-state index contributed by atoms with van der Waals surface area (Å²) in [7, 11) is 0. The summed E-state index contributed by atoms with van der Waals surface area (Å²) >= 11 is 1.25. The number of aromatic nitrogens is 5. The number of fused-ring (bicyclic) bond motifs is 1. The Labute approximate surface area is 203 Å². The quantitative estimate of drug-likeness (QED) is 0.228. The van der Waals surface area contributed by atoms with E-state index in [1.54, 1.807) is 47.9 Å². The Balaban J connectivity index is 1.49. The predicted octanol–water partition coefficient (Wildman–Crippen LogP) is 6.58. The van der Waals surface area contributed by atoms with E-state index in [4.69, 9.17) is 4.74 Å². The monoisotopic (exact) mass is 495 g/mol. The van der Waals surface area contributed by atoms with Gasteiger partial charge in [0.15, 0.2) is 22.5 Å². The van der Waals surface area contributed by atoms with Crippen molar-refractivity contribution in [1.29, 1.82) is 0 Å². The summed E-state index contributed by atoms with van der Waals surface area (Å²) in [5, 5.41) is 8.56. The summed E-state index contributed by atoms with van der Waals surface area (Å²) in [5.41, 5.74) is 1.63. The first-order valence-corrected chi connectivity index (χ1v) is 11.7. The third-order valence-electron chi connectivity index (χ3n) is 5.37. The molecular formula is C25H20F3N5OS. The highest BCUT2D eigenvalue weighted by Crippen LogP contribution is 2.38. The second-order valence-corrected chi connectivity index (χ2v) is 8.96. The predicted molar refractivity (Wildman–Crippen MR) is 127 cm³/mol. The van der Waals surface area contributed by atoms with Gasteiger partial charge in [-0.2, -0.15) is 8.78 Å². The average molecular weight is 496 g/mol. The van der Waals surface area contributed by atoms with E-state index in [1.165, 1.54) is 23.9 Å². The van der Waals surface area contributed by atoms with Gasteiger partial charge < -0.3 is 4.74 Å². The molecule has 1 unspecified atom stereocenters. The van der Waals surface area contributed by atoms with Gasteiger partial charge in [-0.25, -0.2) is 9.37 Å². The van der Waals surface area contributed by atoms with Crippen LogP contribution in [0, 0.1) is 5.82 Å². The lowest BCUT2D eigenvalue weighted by Gasteiger charge is -2.15. The van der Waals surface area contributed by atoms with Crippen LogP contribution < -0.4 is 4.74 Å². The molecule has 35 heavy (non-hydrogen) atoms. The Morgan fingerprint density at radius 3 is 2.40 bits per heavy atom. The van der Waals surface area contributed by atoms with Crippen LogP contribution in [0.2, 0.25) is 0 Å². The number of imidazole rings is 1. The molecule has 0 amide bonds. The van der Waals surface area contributed by atoms with E-state index in [0.717, 1.165) is 10.3 Å². The van der Waals surface area contributed by atoms with Crippen molar-refractivity contribution >= 4 is 22.8 Å². The number of thioether (sulfide) groups is 1. The van der Waals surface area contributed by atoms with Crippen LogP contribution in [-0.2, 0) is 6.61 Å². The Hall–Kier alpha value is -3.79. The highest BCUT2D eigenvalue weighted by Gasteiger charge is 2.25. The van der Waals surface area contributed by atoms with Crippen LogP contribution in [-0.4, -0.2) is 24.3 Å². The molecule has 0 radical (unpaired) electrons. The van der Waals surface area contributed by atoms with Gasteiger partial charge in [0.2, 0.25) is 0 Å². The number of halogens is 3.